The van der Waals surface area contributed by atoms with Crippen molar-refractivity contribution in [3.8, 4) is 0 Å². The summed E-state index contributed by atoms with van der Waals surface area (Å²) in [7, 11) is 0. The Morgan fingerprint density at radius 3 is 2.43 bits per heavy atom. The molecule has 0 bridgehead atoms. The minimum absolute atomic E-state index is 0.189. The molecule has 0 radical (unpaired) electrons. The second-order valence-electron chi connectivity index (χ2n) is 3.19. The second-order valence-corrected chi connectivity index (χ2v) is 3.19. The quantitative estimate of drug-likeness (QED) is 0.545. The molecule has 0 aliphatic carbocycles. The number of carboxylic acids is 1. The van der Waals surface area contributed by atoms with Gasteiger partial charge in [0.05, 0.1) is 6.54 Å². The van der Waals surface area contributed by atoms with Crippen LogP contribution in [0.2, 0.25) is 0 Å². The van der Waals surface area contributed by atoms with Crippen LogP contribution in [0.5, 0.6) is 0 Å². The predicted octanol–water partition coefficient (Wildman–Crippen LogP) is 0.0485. The average molecular weight is 202 g/mol. The Morgan fingerprint density at radius 1 is 1.36 bits per heavy atom. The standard InChI is InChI=1S/C9H18N2O3/c1-2-11(7-8(10)12)6-4-3-5-9(13)14/h2-7H2,1H3,(H2,10,12)(H,13,14). The molecule has 1 amide bonds. The molecule has 0 heterocycles. The van der Waals surface area contributed by atoms with Crippen molar-refractivity contribution in [3.05, 3.63) is 0 Å². The van der Waals surface area contributed by atoms with Crippen molar-refractivity contribution in [1.29, 1.82) is 0 Å². The Hall–Kier alpha value is -1.10. The highest BCUT2D eigenvalue weighted by atomic mass is 16.4. The van der Waals surface area contributed by atoms with Gasteiger partial charge in [-0.25, -0.2) is 0 Å². The molecular weight excluding hydrogens is 184 g/mol. The maximum atomic E-state index is 10.6. The van der Waals surface area contributed by atoms with Gasteiger partial charge in [-0.3, -0.25) is 14.5 Å². The van der Waals surface area contributed by atoms with E-state index in [4.69, 9.17) is 10.8 Å². The molecule has 3 N–H and O–H groups in total. The number of amides is 1. The number of rotatable bonds is 8. The molecule has 5 nitrogen and oxygen atoms in total. The normalized spacial score (nSPS) is 10.4. The predicted molar refractivity (Wildman–Crippen MR) is 52.8 cm³/mol. The summed E-state index contributed by atoms with van der Waals surface area (Å²) in [4.78, 5) is 22.7. The highest BCUT2D eigenvalue weighted by molar-refractivity contribution is 5.75. The minimum atomic E-state index is -0.775. The molecule has 14 heavy (non-hydrogen) atoms. The average Bonchev–Trinajstić information content (AvgIpc) is 2.09. The first-order valence-electron chi connectivity index (χ1n) is 4.78. The third kappa shape index (κ3) is 7.54. The van der Waals surface area contributed by atoms with Gasteiger partial charge in [-0.15, -0.1) is 0 Å². The number of primary amides is 1. The zero-order valence-corrected chi connectivity index (χ0v) is 8.53. The minimum Gasteiger partial charge on any atom is -0.481 e. The van der Waals surface area contributed by atoms with E-state index in [1.165, 1.54) is 0 Å². The van der Waals surface area contributed by atoms with E-state index in [-0.39, 0.29) is 18.9 Å². The summed E-state index contributed by atoms with van der Waals surface area (Å²) in [6, 6.07) is 0. The van der Waals surface area contributed by atoms with Crippen LogP contribution in [0, 0.1) is 0 Å². The Bertz CT molecular complexity index is 194. The summed E-state index contributed by atoms with van der Waals surface area (Å²) >= 11 is 0. The lowest BCUT2D eigenvalue weighted by molar-refractivity contribution is -0.137. The molecule has 5 heteroatoms. The van der Waals surface area contributed by atoms with Gasteiger partial charge in [0.25, 0.3) is 0 Å². The van der Waals surface area contributed by atoms with Gasteiger partial charge in [0.1, 0.15) is 0 Å². The number of hydrogen-bond donors (Lipinski definition) is 2. The van der Waals surface area contributed by atoms with Gasteiger partial charge in [-0.1, -0.05) is 6.92 Å². The Labute approximate surface area is 83.9 Å². The van der Waals surface area contributed by atoms with E-state index in [1.807, 2.05) is 11.8 Å². The third-order valence-corrected chi connectivity index (χ3v) is 1.94. The fourth-order valence-corrected chi connectivity index (χ4v) is 1.18. The van der Waals surface area contributed by atoms with Gasteiger partial charge in [0, 0.05) is 6.42 Å². The molecule has 0 aromatic carbocycles. The summed E-state index contributed by atoms with van der Waals surface area (Å²) < 4.78 is 0. The van der Waals surface area contributed by atoms with Gasteiger partial charge in [0.2, 0.25) is 5.91 Å². The number of nitrogens with two attached hydrogens (primary N) is 1. The van der Waals surface area contributed by atoms with E-state index in [1.54, 1.807) is 0 Å². The van der Waals surface area contributed by atoms with Crippen molar-refractivity contribution in [2.45, 2.75) is 26.2 Å². The SMILES string of the molecule is CCN(CCCCC(=O)O)CC(N)=O. The number of carbonyl (C=O) groups is 2. The number of likely N-dealkylation sites (N-methyl/N-ethyl adjacent to an activating group) is 1. The number of nitrogens with zero attached hydrogens (tertiary/aromatic N) is 1. The number of hydrogen-bond acceptors (Lipinski definition) is 3. The van der Waals surface area contributed by atoms with Crippen LogP contribution in [0.4, 0.5) is 0 Å². The molecule has 0 aromatic rings. The van der Waals surface area contributed by atoms with Crippen molar-refractivity contribution < 1.29 is 14.7 Å². The Morgan fingerprint density at radius 2 is 2.00 bits per heavy atom. The van der Waals surface area contributed by atoms with Crippen molar-refractivity contribution in [3.63, 3.8) is 0 Å². The van der Waals surface area contributed by atoms with Crippen molar-refractivity contribution in [1.82, 2.24) is 4.90 Å². The fraction of sp³-hybridized carbons (Fsp3) is 0.778. The van der Waals surface area contributed by atoms with Crippen LogP contribution < -0.4 is 5.73 Å². The number of unbranched alkanes of at least 4 members (excludes halogenated alkanes) is 1. The molecular formula is C9H18N2O3. The van der Waals surface area contributed by atoms with Crippen LogP contribution in [-0.2, 0) is 9.59 Å². The molecule has 82 valence electrons. The molecule has 0 aliphatic rings. The first-order valence-corrected chi connectivity index (χ1v) is 4.78. The first kappa shape index (κ1) is 12.9. The third-order valence-electron chi connectivity index (χ3n) is 1.94. The molecule has 0 atom stereocenters. The lowest BCUT2D eigenvalue weighted by Crippen LogP contribution is -2.34. The summed E-state index contributed by atoms with van der Waals surface area (Å²) in [5, 5.41) is 8.39. The van der Waals surface area contributed by atoms with E-state index in [0.717, 1.165) is 19.5 Å². The van der Waals surface area contributed by atoms with Crippen molar-refractivity contribution >= 4 is 11.9 Å². The van der Waals surface area contributed by atoms with Gasteiger partial charge >= 0.3 is 5.97 Å². The molecule has 0 saturated heterocycles. The summed E-state index contributed by atoms with van der Waals surface area (Å²) in [5.41, 5.74) is 5.05. The maximum absolute atomic E-state index is 10.6. The van der Waals surface area contributed by atoms with E-state index >= 15 is 0 Å². The highest BCUT2D eigenvalue weighted by Gasteiger charge is 2.05. The molecule has 0 spiro atoms. The first-order chi connectivity index (χ1) is 6.56. The molecule has 0 unspecified atom stereocenters. The summed E-state index contributed by atoms with van der Waals surface area (Å²) in [5.74, 6) is -1.12. The van der Waals surface area contributed by atoms with E-state index in [0.29, 0.717) is 6.42 Å². The zero-order valence-electron chi connectivity index (χ0n) is 8.53. The van der Waals surface area contributed by atoms with E-state index in [9.17, 15) is 9.59 Å². The molecule has 0 saturated carbocycles. The lowest BCUT2D eigenvalue weighted by atomic mass is 10.2. The van der Waals surface area contributed by atoms with Crippen LogP contribution in [0.3, 0.4) is 0 Å². The van der Waals surface area contributed by atoms with E-state index < -0.39 is 5.97 Å². The highest BCUT2D eigenvalue weighted by Crippen LogP contribution is 1.98. The van der Waals surface area contributed by atoms with Gasteiger partial charge in [0.15, 0.2) is 0 Å². The number of carbonyl (C=O) groups excluding carboxylic acids is 1. The topological polar surface area (TPSA) is 83.6 Å². The smallest absolute Gasteiger partial charge is 0.303 e. The number of carboxylic acid groups (broad SMARTS) is 1. The summed E-state index contributed by atoms with van der Waals surface area (Å²) in [6.07, 6.45) is 1.62. The van der Waals surface area contributed by atoms with Crippen molar-refractivity contribution in [2.24, 2.45) is 5.73 Å². The summed E-state index contributed by atoms with van der Waals surface area (Å²) in [6.45, 7) is 3.69. The van der Waals surface area contributed by atoms with Crippen LogP contribution in [-0.4, -0.2) is 41.5 Å². The van der Waals surface area contributed by atoms with Crippen LogP contribution in [0.15, 0.2) is 0 Å². The van der Waals surface area contributed by atoms with Crippen LogP contribution in [0.25, 0.3) is 0 Å². The molecule has 0 rings (SSSR count). The van der Waals surface area contributed by atoms with Gasteiger partial charge in [-0.2, -0.15) is 0 Å². The second kappa shape index (κ2) is 7.32. The zero-order chi connectivity index (χ0) is 11.0. The number of aliphatic carboxylic acids is 1. The van der Waals surface area contributed by atoms with Crippen molar-refractivity contribution in [2.75, 3.05) is 19.6 Å². The molecule has 0 aliphatic heterocycles. The van der Waals surface area contributed by atoms with Crippen LogP contribution >= 0.6 is 0 Å². The Kier molecular flexibility index (Phi) is 6.74. The fourth-order valence-electron chi connectivity index (χ4n) is 1.18. The largest absolute Gasteiger partial charge is 0.481 e. The lowest BCUT2D eigenvalue weighted by Gasteiger charge is -2.17. The van der Waals surface area contributed by atoms with Gasteiger partial charge < -0.3 is 10.8 Å². The maximum Gasteiger partial charge on any atom is 0.303 e. The Balaban J connectivity index is 3.52. The molecule has 0 fully saturated rings. The van der Waals surface area contributed by atoms with Crippen LogP contribution in [0.1, 0.15) is 26.2 Å². The molecule has 0 aromatic heterocycles. The van der Waals surface area contributed by atoms with Gasteiger partial charge in [-0.05, 0) is 25.9 Å². The van der Waals surface area contributed by atoms with E-state index in [2.05, 4.69) is 0 Å². The monoisotopic (exact) mass is 202 g/mol.